The van der Waals surface area contributed by atoms with E-state index in [1.54, 1.807) is 31.2 Å². The fourth-order valence-corrected chi connectivity index (χ4v) is 7.18. The maximum absolute atomic E-state index is 16.9. The Morgan fingerprint density at radius 1 is 1.17 bits per heavy atom. The van der Waals surface area contributed by atoms with Gasteiger partial charge in [-0.3, -0.25) is 14.5 Å². The van der Waals surface area contributed by atoms with Crippen LogP contribution < -0.4 is 0 Å². The number of halogens is 3. The molecule has 3 aromatic rings. The number of ketones is 1. The fraction of sp³-hybridized carbons (Fsp3) is 0.441. The predicted octanol–water partition coefficient (Wildman–Crippen LogP) is 5.17. The minimum atomic E-state index is -2.07. The summed E-state index contributed by atoms with van der Waals surface area (Å²) in [4.78, 5) is 38.6. The number of hydrogen-bond donors (Lipinski definition) is 1. The number of rotatable bonds is 8. The van der Waals surface area contributed by atoms with Crippen molar-refractivity contribution in [2.75, 3.05) is 20.1 Å². The highest BCUT2D eigenvalue weighted by atomic mass is 35.5. The number of Topliss-reactive ketones (excluding diaryl/α,β-unsaturated/α-hetero) is 1. The molecule has 0 radical (unpaired) electrons. The first-order chi connectivity index (χ1) is 21.9. The smallest absolute Gasteiger partial charge is 0.257 e. The van der Waals surface area contributed by atoms with Crippen LogP contribution in [0.5, 0.6) is 0 Å². The van der Waals surface area contributed by atoms with Gasteiger partial charge in [0.15, 0.2) is 0 Å². The number of piperidine rings is 1. The standard InChI is InChI=1S/C34H34ClF2N5O4/c1-3-33(45,32(37)10-12-41(2)13-11-32)23-14-27-30(28(36)15-23)34(22-4-6-24(35)7-5-22,46-26-9-8-25(43)16-26)42(31(27)44)20-29-39-18-21(17-38)19-40-29/h4-7,14-15,18-19,26,45H,3,8-13,16,20H2,1-2H3/t26-,33-,34+/m0/s1. The van der Waals surface area contributed by atoms with E-state index in [-0.39, 0.29) is 72.5 Å². The van der Waals surface area contributed by atoms with E-state index in [2.05, 4.69) is 9.97 Å². The van der Waals surface area contributed by atoms with Gasteiger partial charge in [0.2, 0.25) is 5.72 Å². The molecule has 3 heterocycles. The quantitative estimate of drug-likeness (QED) is 0.355. The number of carbonyl (C=O) groups excluding carboxylic acids is 2. The summed E-state index contributed by atoms with van der Waals surface area (Å²) in [5.41, 5.74) is -5.70. The number of ether oxygens (including phenoxy) is 1. The summed E-state index contributed by atoms with van der Waals surface area (Å²) < 4.78 is 40.3. The lowest BCUT2D eigenvalue weighted by Gasteiger charge is -2.46. The molecule has 1 N–H and O–H groups in total. The normalized spacial score (nSPS) is 24.1. The minimum Gasteiger partial charge on any atom is -0.382 e. The van der Waals surface area contributed by atoms with Crippen LogP contribution in [0.15, 0.2) is 48.8 Å². The molecule has 1 saturated carbocycles. The molecule has 1 amide bonds. The van der Waals surface area contributed by atoms with Crippen molar-refractivity contribution in [1.82, 2.24) is 19.8 Å². The Balaban J connectivity index is 1.56. The number of aliphatic hydroxyl groups is 1. The zero-order valence-electron chi connectivity index (χ0n) is 25.6. The lowest BCUT2D eigenvalue weighted by molar-refractivity contribution is -0.149. The van der Waals surface area contributed by atoms with Gasteiger partial charge in [0, 0.05) is 48.9 Å². The maximum atomic E-state index is 16.9. The molecule has 46 heavy (non-hydrogen) atoms. The Bertz CT molecular complexity index is 1710. The molecular weight excluding hydrogens is 616 g/mol. The molecule has 0 unspecified atom stereocenters. The van der Waals surface area contributed by atoms with Gasteiger partial charge in [-0.1, -0.05) is 30.7 Å². The van der Waals surface area contributed by atoms with Gasteiger partial charge in [0.05, 0.1) is 29.3 Å². The third-order valence-corrected chi connectivity index (χ3v) is 9.95. The topological polar surface area (TPSA) is 120 Å². The van der Waals surface area contributed by atoms with Crippen LogP contribution in [0.25, 0.3) is 0 Å². The number of alkyl halides is 1. The number of hydrogen-bond acceptors (Lipinski definition) is 8. The van der Waals surface area contributed by atoms with Crippen LogP contribution in [-0.2, 0) is 27.4 Å². The van der Waals surface area contributed by atoms with E-state index in [4.69, 9.17) is 16.3 Å². The number of fused-ring (bicyclic) bond motifs is 1. The van der Waals surface area contributed by atoms with E-state index in [0.29, 0.717) is 30.1 Å². The molecule has 1 aliphatic carbocycles. The van der Waals surface area contributed by atoms with Crippen molar-refractivity contribution in [2.45, 2.75) is 75.1 Å². The summed E-state index contributed by atoms with van der Waals surface area (Å²) in [5, 5.41) is 21.6. The number of likely N-dealkylation sites (tertiary alicyclic amines) is 1. The summed E-state index contributed by atoms with van der Waals surface area (Å²) in [6.45, 7) is 2.21. The zero-order valence-corrected chi connectivity index (χ0v) is 26.4. The highest BCUT2D eigenvalue weighted by molar-refractivity contribution is 6.30. The van der Waals surface area contributed by atoms with Gasteiger partial charge < -0.3 is 14.7 Å². The number of benzene rings is 2. The molecule has 2 fully saturated rings. The molecule has 1 saturated heterocycles. The summed E-state index contributed by atoms with van der Waals surface area (Å²) in [7, 11) is 1.87. The van der Waals surface area contributed by atoms with Crippen LogP contribution in [0, 0.1) is 17.1 Å². The van der Waals surface area contributed by atoms with E-state index < -0.39 is 34.8 Å². The summed E-state index contributed by atoms with van der Waals surface area (Å²) in [5.74, 6) is -1.38. The minimum absolute atomic E-state index is 0.0158. The molecule has 3 atom stereocenters. The molecule has 1 aromatic heterocycles. The van der Waals surface area contributed by atoms with Gasteiger partial charge in [-0.15, -0.1) is 0 Å². The largest absolute Gasteiger partial charge is 0.382 e. The van der Waals surface area contributed by atoms with Crippen molar-refractivity contribution in [3.05, 3.63) is 93.3 Å². The van der Waals surface area contributed by atoms with E-state index in [1.807, 2.05) is 18.0 Å². The SMILES string of the molecule is CC[C@](O)(c1cc(F)c2c(c1)C(=O)N(Cc1ncc(C#N)cn1)[C@@]2(O[C@H]1CCC(=O)C1)c1ccc(Cl)cc1)C1(F)CCN(C)CC1. The van der Waals surface area contributed by atoms with Crippen molar-refractivity contribution in [1.29, 1.82) is 5.26 Å². The average molecular weight is 650 g/mol. The highest BCUT2D eigenvalue weighted by Crippen LogP contribution is 2.52. The number of nitriles is 1. The van der Waals surface area contributed by atoms with Crippen LogP contribution in [-0.4, -0.2) is 68.5 Å². The first-order valence-electron chi connectivity index (χ1n) is 15.4. The van der Waals surface area contributed by atoms with Crippen LogP contribution in [0.4, 0.5) is 8.78 Å². The molecule has 6 rings (SSSR count). The van der Waals surface area contributed by atoms with Gasteiger partial charge in [0.1, 0.15) is 34.8 Å². The van der Waals surface area contributed by atoms with Crippen LogP contribution in [0.2, 0.25) is 5.02 Å². The Labute approximate surface area is 270 Å². The van der Waals surface area contributed by atoms with E-state index >= 15 is 8.78 Å². The molecule has 0 bridgehead atoms. The Kier molecular flexibility index (Phi) is 8.44. The van der Waals surface area contributed by atoms with E-state index in [1.165, 1.54) is 23.4 Å². The van der Waals surface area contributed by atoms with Gasteiger partial charge in [-0.2, -0.15) is 5.26 Å². The van der Waals surface area contributed by atoms with Crippen LogP contribution >= 0.6 is 11.6 Å². The summed E-state index contributed by atoms with van der Waals surface area (Å²) in [6, 6.07) is 10.9. The lowest BCUT2D eigenvalue weighted by atomic mass is 9.71. The number of aromatic nitrogens is 2. The molecule has 2 aliphatic heterocycles. The second-order valence-corrected chi connectivity index (χ2v) is 12.9. The van der Waals surface area contributed by atoms with Crippen LogP contribution in [0.1, 0.15) is 83.9 Å². The third-order valence-electron chi connectivity index (χ3n) is 9.70. The number of carbonyl (C=O) groups is 2. The monoisotopic (exact) mass is 649 g/mol. The Morgan fingerprint density at radius 3 is 2.43 bits per heavy atom. The Hall–Kier alpha value is -3.82. The van der Waals surface area contributed by atoms with Crippen molar-refractivity contribution in [3.8, 4) is 6.07 Å². The number of nitrogens with zero attached hydrogens (tertiary/aromatic N) is 5. The van der Waals surface area contributed by atoms with Crippen molar-refractivity contribution < 1.29 is 28.2 Å². The average Bonchev–Trinajstić information content (AvgIpc) is 3.57. The molecule has 3 aliphatic rings. The maximum Gasteiger partial charge on any atom is 0.257 e. The molecule has 9 nitrogen and oxygen atoms in total. The van der Waals surface area contributed by atoms with E-state index in [9.17, 15) is 20.0 Å². The lowest BCUT2D eigenvalue weighted by Crippen LogP contribution is -2.54. The van der Waals surface area contributed by atoms with Gasteiger partial charge in [0.25, 0.3) is 5.91 Å². The van der Waals surface area contributed by atoms with Crippen molar-refractivity contribution in [2.24, 2.45) is 0 Å². The molecule has 2 aromatic carbocycles. The first kappa shape index (κ1) is 32.1. The second-order valence-electron chi connectivity index (χ2n) is 12.4. The predicted molar refractivity (Wildman–Crippen MR) is 164 cm³/mol. The molecule has 0 spiro atoms. The fourth-order valence-electron chi connectivity index (χ4n) is 7.06. The second kappa shape index (κ2) is 12.1. The molecule has 240 valence electrons. The molecular formula is C34H34ClF2N5O4. The highest BCUT2D eigenvalue weighted by Gasteiger charge is 2.58. The van der Waals surface area contributed by atoms with Crippen molar-refractivity contribution in [3.63, 3.8) is 0 Å². The van der Waals surface area contributed by atoms with Crippen LogP contribution in [0.3, 0.4) is 0 Å². The summed E-state index contributed by atoms with van der Waals surface area (Å²) in [6.07, 6.45) is 2.74. The van der Waals surface area contributed by atoms with E-state index in [0.717, 1.165) is 6.07 Å². The van der Waals surface area contributed by atoms with Gasteiger partial charge in [-0.05, 0) is 62.6 Å². The first-order valence-corrected chi connectivity index (χ1v) is 15.7. The zero-order chi connectivity index (χ0) is 32.9. The Morgan fingerprint density at radius 2 is 1.85 bits per heavy atom. The van der Waals surface area contributed by atoms with Gasteiger partial charge in [-0.25, -0.2) is 18.7 Å². The number of amides is 1. The third kappa shape index (κ3) is 5.27. The summed E-state index contributed by atoms with van der Waals surface area (Å²) >= 11 is 6.24. The van der Waals surface area contributed by atoms with Crippen molar-refractivity contribution >= 4 is 23.3 Å². The molecule has 12 heteroatoms. The van der Waals surface area contributed by atoms with Gasteiger partial charge >= 0.3 is 0 Å².